The monoisotopic (exact) mass is 197 g/mol. The minimum Gasteiger partial charge on any atom is -0.496 e. The fourth-order valence-corrected chi connectivity index (χ4v) is 2.82. The van der Waals surface area contributed by atoms with Crippen molar-refractivity contribution in [3.63, 3.8) is 0 Å². The van der Waals surface area contributed by atoms with E-state index in [4.69, 9.17) is 10.00 Å². The summed E-state index contributed by atoms with van der Waals surface area (Å²) in [4.78, 5) is 0. The Bertz CT molecular complexity index is 496. The molecule has 2 nitrogen and oxygen atoms in total. The summed E-state index contributed by atoms with van der Waals surface area (Å²) in [6.07, 6.45) is 3.16. The maximum absolute atomic E-state index is 9.02. The van der Waals surface area contributed by atoms with E-state index in [0.717, 1.165) is 17.7 Å². The molecule has 2 aliphatic carbocycles. The van der Waals surface area contributed by atoms with Crippen LogP contribution in [0.4, 0.5) is 0 Å². The van der Waals surface area contributed by atoms with Crippen LogP contribution in [0, 0.1) is 11.3 Å². The van der Waals surface area contributed by atoms with Crippen LogP contribution in [0.1, 0.15) is 29.4 Å². The summed E-state index contributed by atoms with van der Waals surface area (Å²) in [5, 5.41) is 9.02. The molecule has 0 aromatic heterocycles. The van der Waals surface area contributed by atoms with E-state index >= 15 is 0 Å². The van der Waals surface area contributed by atoms with Gasteiger partial charge in [-0.1, -0.05) is 18.2 Å². The van der Waals surface area contributed by atoms with Crippen molar-refractivity contribution in [2.24, 2.45) is 0 Å². The zero-order valence-corrected chi connectivity index (χ0v) is 8.53. The normalized spacial score (nSPS) is 25.7. The SMILES string of the molecule is COc1cccc2c1[C@@H]1C[C@@H]2C=C1C#N. The molecule has 0 radical (unpaired) electrons. The third-order valence-corrected chi connectivity index (χ3v) is 3.44. The number of nitrogens with zero attached hydrogens (tertiary/aromatic N) is 1. The van der Waals surface area contributed by atoms with Crippen LogP contribution >= 0.6 is 0 Å². The van der Waals surface area contributed by atoms with Gasteiger partial charge in [0.25, 0.3) is 0 Å². The molecule has 0 fully saturated rings. The van der Waals surface area contributed by atoms with Gasteiger partial charge in [0, 0.05) is 23.0 Å². The molecule has 2 heteroatoms. The number of allylic oxidation sites excluding steroid dienone is 2. The number of methoxy groups -OCH3 is 1. The van der Waals surface area contributed by atoms with Crippen molar-refractivity contribution >= 4 is 0 Å². The van der Waals surface area contributed by atoms with Gasteiger partial charge < -0.3 is 4.74 Å². The second kappa shape index (κ2) is 2.87. The molecule has 0 saturated heterocycles. The molecule has 74 valence electrons. The molecule has 0 spiro atoms. The molecule has 0 aliphatic heterocycles. The molecule has 0 N–H and O–H groups in total. The van der Waals surface area contributed by atoms with Crippen molar-refractivity contribution in [2.75, 3.05) is 7.11 Å². The molecule has 3 rings (SSSR count). The number of rotatable bonds is 1. The first-order valence-electron chi connectivity index (χ1n) is 5.13. The van der Waals surface area contributed by atoms with Gasteiger partial charge in [-0.15, -0.1) is 0 Å². The second-order valence-electron chi connectivity index (χ2n) is 4.09. The third kappa shape index (κ3) is 0.979. The Balaban J connectivity index is 2.19. The summed E-state index contributed by atoms with van der Waals surface area (Å²) >= 11 is 0. The van der Waals surface area contributed by atoms with Crippen LogP contribution < -0.4 is 4.74 Å². The van der Waals surface area contributed by atoms with Crippen molar-refractivity contribution in [3.8, 4) is 11.8 Å². The largest absolute Gasteiger partial charge is 0.496 e. The van der Waals surface area contributed by atoms with Crippen molar-refractivity contribution in [1.82, 2.24) is 0 Å². The molecular weight excluding hydrogens is 186 g/mol. The number of benzene rings is 1. The Morgan fingerprint density at radius 2 is 2.33 bits per heavy atom. The van der Waals surface area contributed by atoms with Crippen LogP contribution in [0.3, 0.4) is 0 Å². The van der Waals surface area contributed by atoms with Crippen LogP contribution in [0.2, 0.25) is 0 Å². The maximum atomic E-state index is 9.02. The highest BCUT2D eigenvalue weighted by molar-refractivity contribution is 5.59. The van der Waals surface area contributed by atoms with Gasteiger partial charge in [0.05, 0.1) is 13.2 Å². The first-order valence-corrected chi connectivity index (χ1v) is 5.13. The molecule has 1 aromatic carbocycles. The van der Waals surface area contributed by atoms with E-state index < -0.39 is 0 Å². The lowest BCUT2D eigenvalue weighted by Gasteiger charge is -2.16. The highest BCUT2D eigenvalue weighted by Crippen LogP contribution is 2.54. The Morgan fingerprint density at radius 1 is 1.47 bits per heavy atom. The van der Waals surface area contributed by atoms with Gasteiger partial charge in [0.15, 0.2) is 0 Å². The molecule has 2 aliphatic rings. The van der Waals surface area contributed by atoms with Crippen LogP contribution in [0.5, 0.6) is 5.75 Å². The van der Waals surface area contributed by atoms with Crippen LogP contribution in [-0.2, 0) is 0 Å². The minimum atomic E-state index is 0.283. The standard InChI is InChI=1S/C13H11NO/c1-15-12-4-2-3-10-8-5-9(7-14)11(6-8)13(10)12/h2-5,8,11H,6H2,1H3/t8-,11+/m0/s1. The Labute approximate surface area is 88.8 Å². The Kier molecular flexibility index (Phi) is 1.63. The molecule has 2 atom stereocenters. The molecule has 2 bridgehead atoms. The van der Waals surface area contributed by atoms with Gasteiger partial charge in [-0.05, 0) is 18.1 Å². The Morgan fingerprint density at radius 3 is 3.07 bits per heavy atom. The summed E-state index contributed by atoms with van der Waals surface area (Å²) in [6.45, 7) is 0. The van der Waals surface area contributed by atoms with Gasteiger partial charge in [-0.25, -0.2) is 0 Å². The van der Waals surface area contributed by atoms with Crippen LogP contribution in [0.25, 0.3) is 0 Å². The number of nitriles is 1. The van der Waals surface area contributed by atoms with E-state index in [-0.39, 0.29) is 5.92 Å². The zero-order chi connectivity index (χ0) is 10.4. The third-order valence-electron chi connectivity index (χ3n) is 3.44. The van der Waals surface area contributed by atoms with E-state index in [1.807, 2.05) is 12.1 Å². The molecule has 0 saturated carbocycles. The van der Waals surface area contributed by atoms with E-state index in [2.05, 4.69) is 18.2 Å². The van der Waals surface area contributed by atoms with Gasteiger partial charge in [0.2, 0.25) is 0 Å². The highest BCUT2D eigenvalue weighted by atomic mass is 16.5. The molecule has 0 amide bonds. The van der Waals surface area contributed by atoms with Crippen molar-refractivity contribution in [1.29, 1.82) is 5.26 Å². The van der Waals surface area contributed by atoms with E-state index in [1.54, 1.807) is 7.11 Å². The topological polar surface area (TPSA) is 33.0 Å². The lowest BCUT2D eigenvalue weighted by Crippen LogP contribution is -2.01. The van der Waals surface area contributed by atoms with E-state index in [1.165, 1.54) is 11.1 Å². The van der Waals surface area contributed by atoms with Gasteiger partial charge in [0.1, 0.15) is 5.75 Å². The zero-order valence-electron chi connectivity index (χ0n) is 8.53. The summed E-state index contributed by atoms with van der Waals surface area (Å²) in [7, 11) is 1.69. The molecule has 15 heavy (non-hydrogen) atoms. The first-order chi connectivity index (χ1) is 7.35. The number of hydrogen-bond donors (Lipinski definition) is 0. The second-order valence-corrected chi connectivity index (χ2v) is 4.09. The molecule has 1 aromatic rings. The quantitative estimate of drug-likeness (QED) is 0.693. The number of ether oxygens (including phenoxy) is 1. The van der Waals surface area contributed by atoms with Gasteiger partial charge >= 0.3 is 0 Å². The van der Waals surface area contributed by atoms with Gasteiger partial charge in [-0.3, -0.25) is 0 Å². The lowest BCUT2D eigenvalue weighted by molar-refractivity contribution is 0.408. The predicted octanol–water partition coefficient (Wildman–Crippen LogP) is 2.73. The lowest BCUT2D eigenvalue weighted by atomic mass is 9.91. The smallest absolute Gasteiger partial charge is 0.122 e. The summed E-state index contributed by atoms with van der Waals surface area (Å²) in [5.41, 5.74) is 3.50. The van der Waals surface area contributed by atoms with Crippen LogP contribution in [-0.4, -0.2) is 7.11 Å². The Hall–Kier alpha value is -1.75. The summed E-state index contributed by atoms with van der Waals surface area (Å²) < 4.78 is 5.37. The highest BCUT2D eigenvalue weighted by Gasteiger charge is 2.39. The van der Waals surface area contributed by atoms with Crippen molar-refractivity contribution in [3.05, 3.63) is 41.0 Å². The first kappa shape index (κ1) is 8.55. The average Bonchev–Trinajstić information content (AvgIpc) is 2.86. The average molecular weight is 197 g/mol. The van der Waals surface area contributed by atoms with Gasteiger partial charge in [-0.2, -0.15) is 5.26 Å². The maximum Gasteiger partial charge on any atom is 0.122 e. The van der Waals surface area contributed by atoms with Crippen molar-refractivity contribution < 1.29 is 4.74 Å². The van der Waals surface area contributed by atoms with E-state index in [0.29, 0.717) is 5.92 Å². The number of hydrogen-bond acceptors (Lipinski definition) is 2. The fraction of sp³-hybridized carbons (Fsp3) is 0.308. The molecular formula is C13H11NO. The van der Waals surface area contributed by atoms with Crippen LogP contribution in [0.15, 0.2) is 29.8 Å². The fourth-order valence-electron chi connectivity index (χ4n) is 2.82. The summed E-state index contributed by atoms with van der Waals surface area (Å²) in [5.74, 6) is 1.65. The molecule has 0 heterocycles. The van der Waals surface area contributed by atoms with Crippen molar-refractivity contribution in [2.45, 2.75) is 18.3 Å². The number of fused-ring (bicyclic) bond motifs is 5. The summed E-state index contributed by atoms with van der Waals surface area (Å²) in [6, 6.07) is 8.45. The molecule has 0 unspecified atom stereocenters. The van der Waals surface area contributed by atoms with E-state index in [9.17, 15) is 0 Å². The predicted molar refractivity (Wildman–Crippen MR) is 56.8 cm³/mol. The minimum absolute atomic E-state index is 0.283.